The maximum atomic E-state index is 11.3. The largest absolute Gasteiger partial charge is 0.506 e. The number of fused-ring (bicyclic) bond motifs is 2. The number of aromatic hydroxyl groups is 1. The van der Waals surface area contributed by atoms with Crippen LogP contribution in [0.4, 0.5) is 0 Å². The van der Waals surface area contributed by atoms with E-state index < -0.39 is 0 Å². The Balaban J connectivity index is 1.77. The van der Waals surface area contributed by atoms with Crippen molar-refractivity contribution in [3.8, 4) is 26.9 Å². The highest BCUT2D eigenvalue weighted by Crippen LogP contribution is 2.45. The van der Waals surface area contributed by atoms with Crippen molar-refractivity contribution in [1.82, 2.24) is 9.97 Å². The van der Waals surface area contributed by atoms with Gasteiger partial charge < -0.3 is 5.11 Å². The van der Waals surface area contributed by atoms with E-state index in [0.29, 0.717) is 0 Å². The lowest BCUT2D eigenvalue weighted by molar-refractivity contribution is 0.478. The number of thiazole rings is 2. The summed E-state index contributed by atoms with van der Waals surface area (Å²) in [6, 6.07) is 20.3. The summed E-state index contributed by atoms with van der Waals surface area (Å²) in [4.78, 5) is 9.57. The molecule has 0 amide bonds. The number of para-hydroxylation sites is 2. The first kappa shape index (κ1) is 18.3. The summed E-state index contributed by atoms with van der Waals surface area (Å²) in [6.07, 6.45) is 0. The van der Waals surface area contributed by atoms with Crippen molar-refractivity contribution >= 4 is 43.1 Å². The van der Waals surface area contributed by atoms with Crippen molar-refractivity contribution in [2.24, 2.45) is 0 Å². The molecule has 3 nitrogen and oxygen atoms in total. The highest BCUT2D eigenvalue weighted by Gasteiger charge is 2.23. The Labute approximate surface area is 177 Å². The zero-order valence-corrected chi connectivity index (χ0v) is 18.1. The Hall–Kier alpha value is -2.76. The third-order valence-electron chi connectivity index (χ3n) is 5.02. The minimum Gasteiger partial charge on any atom is -0.506 e. The predicted octanol–water partition coefficient (Wildman–Crippen LogP) is 7.24. The zero-order chi connectivity index (χ0) is 20.2. The summed E-state index contributed by atoms with van der Waals surface area (Å²) in [5, 5.41) is 12.9. The fourth-order valence-electron chi connectivity index (χ4n) is 3.37. The van der Waals surface area contributed by atoms with Crippen LogP contribution in [0, 0.1) is 0 Å². The number of hydrogen-bond acceptors (Lipinski definition) is 5. The Morgan fingerprint density at radius 3 is 1.59 bits per heavy atom. The van der Waals surface area contributed by atoms with Crippen LogP contribution in [0.1, 0.15) is 26.3 Å². The molecule has 0 unspecified atom stereocenters. The number of nitrogens with zero attached hydrogens (tertiary/aromatic N) is 2. The molecule has 0 aliphatic carbocycles. The second kappa shape index (κ2) is 6.65. The van der Waals surface area contributed by atoms with E-state index in [4.69, 9.17) is 9.97 Å². The molecule has 0 fully saturated rings. The van der Waals surface area contributed by atoms with Gasteiger partial charge in [-0.05, 0) is 47.4 Å². The van der Waals surface area contributed by atoms with Crippen molar-refractivity contribution in [3.05, 3.63) is 66.2 Å². The molecule has 5 aromatic rings. The summed E-state index contributed by atoms with van der Waals surface area (Å²) in [5.41, 5.74) is 4.54. The molecular weight excluding hydrogens is 396 g/mol. The lowest BCUT2D eigenvalue weighted by atomic mass is 9.84. The molecule has 29 heavy (non-hydrogen) atoms. The molecule has 3 aromatic carbocycles. The standard InChI is InChI=1S/C24H20N2OS2/c1-24(2,3)14-12-15(22-25-17-8-4-6-10-19(17)28-22)21(27)16(13-14)23-26-18-9-5-7-11-20(18)29-23/h4-13,27H,1-3H3. The lowest BCUT2D eigenvalue weighted by Gasteiger charge is -2.21. The highest BCUT2D eigenvalue weighted by molar-refractivity contribution is 7.22. The molecule has 1 N–H and O–H groups in total. The van der Waals surface area contributed by atoms with E-state index in [1.54, 1.807) is 22.7 Å². The van der Waals surface area contributed by atoms with E-state index in [1.807, 2.05) is 36.4 Å². The fourth-order valence-corrected chi connectivity index (χ4v) is 5.33. The van der Waals surface area contributed by atoms with Crippen LogP contribution < -0.4 is 0 Å². The summed E-state index contributed by atoms with van der Waals surface area (Å²) in [6.45, 7) is 6.55. The van der Waals surface area contributed by atoms with E-state index in [-0.39, 0.29) is 11.2 Å². The maximum absolute atomic E-state index is 11.3. The number of benzene rings is 3. The van der Waals surface area contributed by atoms with Crippen LogP contribution in [0.3, 0.4) is 0 Å². The van der Waals surface area contributed by atoms with Crippen molar-refractivity contribution in [1.29, 1.82) is 0 Å². The summed E-state index contributed by atoms with van der Waals surface area (Å²) < 4.78 is 2.23. The van der Waals surface area contributed by atoms with Gasteiger partial charge in [-0.1, -0.05) is 45.0 Å². The second-order valence-corrected chi connectivity index (χ2v) is 10.2. The van der Waals surface area contributed by atoms with Crippen molar-refractivity contribution in [2.75, 3.05) is 0 Å². The van der Waals surface area contributed by atoms with Crippen molar-refractivity contribution in [3.63, 3.8) is 0 Å². The van der Waals surface area contributed by atoms with Crippen molar-refractivity contribution < 1.29 is 5.11 Å². The number of rotatable bonds is 2. The molecule has 5 heteroatoms. The Bertz CT molecular complexity index is 1200. The average Bonchev–Trinajstić information content (AvgIpc) is 3.31. The molecule has 0 aliphatic rings. The van der Waals surface area contributed by atoms with Gasteiger partial charge in [0.05, 0.1) is 31.6 Å². The van der Waals surface area contributed by atoms with Crippen LogP contribution in [0.2, 0.25) is 0 Å². The molecule has 0 saturated heterocycles. The Kier molecular flexibility index (Phi) is 4.19. The molecule has 2 heterocycles. The third-order valence-corrected chi connectivity index (χ3v) is 7.16. The van der Waals surface area contributed by atoms with E-state index in [1.165, 1.54) is 0 Å². The van der Waals surface area contributed by atoms with Crippen LogP contribution in [0.5, 0.6) is 5.75 Å². The van der Waals surface area contributed by atoms with E-state index in [2.05, 4.69) is 45.0 Å². The quantitative estimate of drug-likeness (QED) is 0.330. The first-order valence-corrected chi connectivity index (χ1v) is 11.1. The van der Waals surface area contributed by atoms with E-state index >= 15 is 0 Å². The predicted molar refractivity (Wildman–Crippen MR) is 124 cm³/mol. The first-order valence-electron chi connectivity index (χ1n) is 9.49. The van der Waals surface area contributed by atoms with Gasteiger partial charge in [0, 0.05) is 0 Å². The van der Waals surface area contributed by atoms with Gasteiger partial charge in [-0.3, -0.25) is 0 Å². The number of phenols is 1. The minimum atomic E-state index is -0.0649. The molecule has 0 spiro atoms. The fraction of sp³-hybridized carbons (Fsp3) is 0.167. The van der Waals surface area contributed by atoms with Crippen LogP contribution in [0.25, 0.3) is 41.6 Å². The van der Waals surface area contributed by atoms with Gasteiger partial charge in [-0.25, -0.2) is 9.97 Å². The van der Waals surface area contributed by atoms with Crippen LogP contribution >= 0.6 is 22.7 Å². The summed E-state index contributed by atoms with van der Waals surface area (Å²) in [7, 11) is 0. The topological polar surface area (TPSA) is 46.0 Å². The summed E-state index contributed by atoms with van der Waals surface area (Å²) >= 11 is 3.21. The van der Waals surface area contributed by atoms with Crippen molar-refractivity contribution in [2.45, 2.75) is 26.2 Å². The second-order valence-electron chi connectivity index (χ2n) is 8.14. The number of hydrogen-bond donors (Lipinski definition) is 1. The van der Waals surface area contributed by atoms with Gasteiger partial charge in [-0.15, -0.1) is 22.7 Å². The third kappa shape index (κ3) is 3.20. The maximum Gasteiger partial charge on any atom is 0.136 e. The van der Waals surface area contributed by atoms with Crippen LogP contribution in [-0.2, 0) is 5.41 Å². The molecular formula is C24H20N2OS2. The molecule has 144 valence electrons. The van der Waals surface area contributed by atoms with Gasteiger partial charge in [0.1, 0.15) is 15.8 Å². The number of phenolic OH excluding ortho intramolecular Hbond substituents is 1. The molecule has 5 rings (SSSR count). The number of aromatic nitrogens is 2. The minimum absolute atomic E-state index is 0.0649. The van der Waals surface area contributed by atoms with Gasteiger partial charge >= 0.3 is 0 Å². The smallest absolute Gasteiger partial charge is 0.136 e. The van der Waals surface area contributed by atoms with E-state index in [9.17, 15) is 5.11 Å². The van der Waals surface area contributed by atoms with Gasteiger partial charge in [0.15, 0.2) is 0 Å². The Morgan fingerprint density at radius 2 is 1.17 bits per heavy atom. The van der Waals surface area contributed by atoms with E-state index in [0.717, 1.165) is 47.1 Å². The van der Waals surface area contributed by atoms with Gasteiger partial charge in [0.25, 0.3) is 0 Å². The monoisotopic (exact) mass is 416 g/mol. The molecule has 2 aromatic heterocycles. The molecule has 0 bridgehead atoms. The highest BCUT2D eigenvalue weighted by atomic mass is 32.1. The van der Waals surface area contributed by atoms with Gasteiger partial charge in [-0.2, -0.15) is 0 Å². The zero-order valence-electron chi connectivity index (χ0n) is 16.4. The molecule has 0 saturated carbocycles. The van der Waals surface area contributed by atoms with Crippen LogP contribution in [0.15, 0.2) is 60.7 Å². The first-order chi connectivity index (χ1) is 13.9. The molecule has 0 aliphatic heterocycles. The SMILES string of the molecule is CC(C)(C)c1cc(-c2nc3ccccc3s2)c(O)c(-c2nc3ccccc3s2)c1. The molecule has 0 radical (unpaired) electrons. The Morgan fingerprint density at radius 1 is 0.724 bits per heavy atom. The average molecular weight is 417 g/mol. The van der Waals surface area contributed by atoms with Gasteiger partial charge in [0.2, 0.25) is 0 Å². The summed E-state index contributed by atoms with van der Waals surface area (Å²) in [5.74, 6) is 0.246. The van der Waals surface area contributed by atoms with Crippen LogP contribution in [-0.4, -0.2) is 15.1 Å². The lowest BCUT2D eigenvalue weighted by Crippen LogP contribution is -2.11. The normalized spacial score (nSPS) is 12.1. The molecule has 0 atom stereocenters.